The average Bonchev–Trinajstić information content (AvgIpc) is 2.64. The van der Waals surface area contributed by atoms with Crippen LogP contribution in [0.4, 0.5) is 4.39 Å². The molecule has 0 heterocycles. The molecule has 0 radical (unpaired) electrons. The number of ketones is 1. The number of nitrogens with two attached hydrogens (primary N) is 1. The van der Waals surface area contributed by atoms with Crippen LogP contribution in [0.15, 0.2) is 24.3 Å². The first-order valence-electron chi connectivity index (χ1n) is 6.12. The number of hydrogen-bond acceptors (Lipinski definition) is 2. The van der Waals surface area contributed by atoms with Gasteiger partial charge in [-0.3, -0.25) is 4.79 Å². The first-order chi connectivity index (χ1) is 8.07. The molecule has 1 aliphatic rings. The highest BCUT2D eigenvalue weighted by molar-refractivity contribution is 5.82. The first kappa shape index (κ1) is 12.2. The second-order valence-corrected chi connectivity index (χ2v) is 5.09. The Morgan fingerprint density at radius 1 is 1.35 bits per heavy atom. The molecule has 92 valence electrons. The molecule has 0 amide bonds. The van der Waals surface area contributed by atoms with Crippen LogP contribution in [0.2, 0.25) is 0 Å². The quantitative estimate of drug-likeness (QED) is 0.871. The summed E-state index contributed by atoms with van der Waals surface area (Å²) in [5.74, 6) is -0.182. The molecule has 1 aromatic rings. The lowest BCUT2D eigenvalue weighted by Crippen LogP contribution is -2.39. The molecule has 17 heavy (non-hydrogen) atoms. The van der Waals surface area contributed by atoms with Crippen LogP contribution in [0.25, 0.3) is 0 Å². The molecule has 0 saturated heterocycles. The number of hydrogen-bond donors (Lipinski definition) is 1. The monoisotopic (exact) mass is 235 g/mol. The third kappa shape index (κ3) is 3.37. The molecule has 1 aromatic carbocycles. The zero-order valence-corrected chi connectivity index (χ0v) is 9.92. The third-order valence-corrected chi connectivity index (χ3v) is 3.44. The Hall–Kier alpha value is -1.22. The number of carbonyl (C=O) groups excluding carboxylic acids is 1. The van der Waals surface area contributed by atoms with Gasteiger partial charge in [0.15, 0.2) is 0 Å². The molecule has 2 rings (SSSR count). The second-order valence-electron chi connectivity index (χ2n) is 5.09. The fraction of sp³-hybridized carbons (Fsp3) is 0.500. The zero-order chi connectivity index (χ0) is 12.3. The summed E-state index contributed by atoms with van der Waals surface area (Å²) in [6.45, 7) is 0. The molecular formula is C14H18FNO. The molecule has 0 aromatic heterocycles. The van der Waals surface area contributed by atoms with Crippen LogP contribution < -0.4 is 5.73 Å². The summed E-state index contributed by atoms with van der Waals surface area (Å²) < 4.78 is 13.0. The summed E-state index contributed by atoms with van der Waals surface area (Å²) in [5.41, 5.74) is 6.58. The Bertz CT molecular complexity index is 410. The van der Waals surface area contributed by atoms with Gasteiger partial charge in [0.1, 0.15) is 11.6 Å². The summed E-state index contributed by atoms with van der Waals surface area (Å²) >= 11 is 0. The molecule has 0 unspecified atom stereocenters. The van der Waals surface area contributed by atoms with E-state index in [1.807, 2.05) is 0 Å². The SMILES string of the molecule is NC1(CC(=O)Cc2cccc(F)c2)CCCC1. The molecule has 2 nitrogen and oxygen atoms in total. The predicted octanol–water partition coefficient (Wildman–Crippen LogP) is 2.60. The Kier molecular flexibility index (Phi) is 3.57. The van der Waals surface area contributed by atoms with E-state index < -0.39 is 0 Å². The van der Waals surface area contributed by atoms with E-state index in [1.165, 1.54) is 12.1 Å². The van der Waals surface area contributed by atoms with Crippen molar-refractivity contribution < 1.29 is 9.18 Å². The lowest BCUT2D eigenvalue weighted by Gasteiger charge is -2.22. The maximum absolute atomic E-state index is 13.0. The van der Waals surface area contributed by atoms with Gasteiger partial charge in [-0.2, -0.15) is 0 Å². The standard InChI is InChI=1S/C14H18FNO/c15-12-5-3-4-11(8-12)9-13(17)10-14(16)6-1-2-7-14/h3-5,8H,1-2,6-7,9-10,16H2. The lowest BCUT2D eigenvalue weighted by atomic mass is 9.90. The van der Waals surface area contributed by atoms with Crippen LogP contribution in [0.3, 0.4) is 0 Å². The van der Waals surface area contributed by atoms with Gasteiger partial charge >= 0.3 is 0 Å². The third-order valence-electron chi connectivity index (χ3n) is 3.44. The summed E-state index contributed by atoms with van der Waals surface area (Å²) in [5, 5.41) is 0. The second kappa shape index (κ2) is 4.96. The number of benzene rings is 1. The van der Waals surface area contributed by atoms with Crippen molar-refractivity contribution in [3.05, 3.63) is 35.6 Å². The highest BCUT2D eigenvalue weighted by atomic mass is 19.1. The van der Waals surface area contributed by atoms with Gasteiger partial charge in [0, 0.05) is 18.4 Å². The van der Waals surface area contributed by atoms with E-state index in [1.54, 1.807) is 12.1 Å². The zero-order valence-electron chi connectivity index (χ0n) is 9.92. The van der Waals surface area contributed by atoms with Gasteiger partial charge in [-0.05, 0) is 30.5 Å². The van der Waals surface area contributed by atoms with Crippen molar-refractivity contribution in [2.24, 2.45) is 5.73 Å². The number of halogens is 1. The number of rotatable bonds is 4. The lowest BCUT2D eigenvalue weighted by molar-refractivity contribution is -0.119. The van der Waals surface area contributed by atoms with Crippen LogP contribution in [-0.4, -0.2) is 11.3 Å². The summed E-state index contributed by atoms with van der Waals surface area (Å²) in [7, 11) is 0. The predicted molar refractivity (Wildman–Crippen MR) is 65.1 cm³/mol. The fourth-order valence-electron chi connectivity index (χ4n) is 2.59. The minimum atomic E-state index is -0.301. The van der Waals surface area contributed by atoms with E-state index in [-0.39, 0.29) is 23.6 Å². The molecular weight excluding hydrogens is 217 g/mol. The molecule has 3 heteroatoms. The van der Waals surface area contributed by atoms with E-state index in [2.05, 4.69) is 0 Å². The highest BCUT2D eigenvalue weighted by Gasteiger charge is 2.31. The highest BCUT2D eigenvalue weighted by Crippen LogP contribution is 2.30. The average molecular weight is 235 g/mol. The molecule has 0 atom stereocenters. The van der Waals surface area contributed by atoms with Gasteiger partial charge < -0.3 is 5.73 Å². The Morgan fingerprint density at radius 2 is 2.06 bits per heavy atom. The molecule has 0 bridgehead atoms. The summed E-state index contributed by atoms with van der Waals surface area (Å²) in [6.07, 6.45) is 4.80. The first-order valence-corrected chi connectivity index (χ1v) is 6.12. The van der Waals surface area contributed by atoms with Gasteiger partial charge in [0.25, 0.3) is 0 Å². The van der Waals surface area contributed by atoms with Crippen molar-refractivity contribution in [1.82, 2.24) is 0 Å². The maximum Gasteiger partial charge on any atom is 0.139 e. The molecule has 1 saturated carbocycles. The van der Waals surface area contributed by atoms with E-state index >= 15 is 0 Å². The van der Waals surface area contributed by atoms with Crippen molar-refractivity contribution >= 4 is 5.78 Å². The number of carbonyl (C=O) groups is 1. The summed E-state index contributed by atoms with van der Waals surface area (Å²) in [4.78, 5) is 11.9. The topological polar surface area (TPSA) is 43.1 Å². The fourth-order valence-corrected chi connectivity index (χ4v) is 2.59. The van der Waals surface area contributed by atoms with Gasteiger partial charge in [-0.1, -0.05) is 25.0 Å². The van der Waals surface area contributed by atoms with Crippen molar-refractivity contribution in [2.45, 2.75) is 44.1 Å². The smallest absolute Gasteiger partial charge is 0.139 e. The Labute approximate surface area is 101 Å². The van der Waals surface area contributed by atoms with E-state index in [9.17, 15) is 9.18 Å². The molecule has 0 aliphatic heterocycles. The summed E-state index contributed by atoms with van der Waals surface area (Å²) in [6, 6.07) is 6.20. The maximum atomic E-state index is 13.0. The van der Waals surface area contributed by atoms with E-state index in [0.717, 1.165) is 31.2 Å². The van der Waals surface area contributed by atoms with Gasteiger partial charge in [0.05, 0.1) is 0 Å². The van der Waals surface area contributed by atoms with Gasteiger partial charge in [-0.15, -0.1) is 0 Å². The van der Waals surface area contributed by atoms with Crippen molar-refractivity contribution in [1.29, 1.82) is 0 Å². The molecule has 1 aliphatic carbocycles. The van der Waals surface area contributed by atoms with E-state index in [4.69, 9.17) is 5.73 Å². The number of Topliss-reactive ketones (excluding diaryl/α,β-unsaturated/α-hetero) is 1. The Morgan fingerprint density at radius 3 is 2.71 bits per heavy atom. The van der Waals surface area contributed by atoms with Gasteiger partial charge in [0.2, 0.25) is 0 Å². The normalized spacial score (nSPS) is 18.2. The minimum absolute atomic E-state index is 0.111. The Balaban J connectivity index is 1.93. The van der Waals surface area contributed by atoms with Crippen molar-refractivity contribution in [3.63, 3.8) is 0 Å². The van der Waals surface area contributed by atoms with Crippen LogP contribution >= 0.6 is 0 Å². The van der Waals surface area contributed by atoms with Crippen LogP contribution in [-0.2, 0) is 11.2 Å². The molecule has 2 N–H and O–H groups in total. The van der Waals surface area contributed by atoms with Crippen LogP contribution in [0, 0.1) is 5.82 Å². The largest absolute Gasteiger partial charge is 0.325 e. The van der Waals surface area contributed by atoms with Crippen molar-refractivity contribution in [2.75, 3.05) is 0 Å². The molecule has 1 fully saturated rings. The van der Waals surface area contributed by atoms with Gasteiger partial charge in [-0.25, -0.2) is 4.39 Å². The molecule has 0 spiro atoms. The van der Waals surface area contributed by atoms with Crippen LogP contribution in [0.1, 0.15) is 37.7 Å². The van der Waals surface area contributed by atoms with Crippen LogP contribution in [0.5, 0.6) is 0 Å². The van der Waals surface area contributed by atoms with E-state index in [0.29, 0.717) is 6.42 Å². The minimum Gasteiger partial charge on any atom is -0.325 e. The van der Waals surface area contributed by atoms with Crippen molar-refractivity contribution in [3.8, 4) is 0 Å².